The van der Waals surface area contributed by atoms with Crippen molar-refractivity contribution < 1.29 is 19.1 Å². The second-order valence-corrected chi connectivity index (χ2v) is 12.9. The molecule has 8 heteroatoms. The van der Waals surface area contributed by atoms with Gasteiger partial charge in [0.25, 0.3) is 0 Å². The molecular formula is C38H58Cl2N2O4. The molecule has 0 amide bonds. The van der Waals surface area contributed by atoms with Crippen LogP contribution in [0.5, 0.6) is 11.5 Å². The molecule has 0 aromatic heterocycles. The molecule has 0 bridgehead atoms. The third-order valence-corrected chi connectivity index (χ3v) is 9.18. The third-order valence-electron chi connectivity index (χ3n) is 9.18. The summed E-state index contributed by atoms with van der Waals surface area (Å²) < 4.78 is 11.5. The van der Waals surface area contributed by atoms with Gasteiger partial charge in [-0.2, -0.15) is 0 Å². The maximum absolute atomic E-state index is 14.1. The van der Waals surface area contributed by atoms with E-state index >= 15 is 0 Å². The molecular weight excluding hydrogens is 619 g/mol. The number of carbonyl (C=O) groups is 2. The van der Waals surface area contributed by atoms with Crippen LogP contribution in [0.25, 0.3) is 0 Å². The zero-order valence-corrected chi connectivity index (χ0v) is 29.9. The summed E-state index contributed by atoms with van der Waals surface area (Å²) in [5.41, 5.74) is 1.48. The highest BCUT2D eigenvalue weighted by Crippen LogP contribution is 2.26. The number of halogens is 2. The minimum atomic E-state index is -0.139. The molecule has 6 nitrogen and oxygen atoms in total. The van der Waals surface area contributed by atoms with E-state index in [0.29, 0.717) is 26.1 Å². The predicted molar refractivity (Wildman–Crippen MR) is 194 cm³/mol. The molecule has 0 saturated carbocycles. The van der Waals surface area contributed by atoms with Crippen LogP contribution in [-0.2, 0) is 0 Å². The number of nitrogens with zero attached hydrogens (tertiary/aromatic N) is 2. The molecule has 2 fully saturated rings. The first-order valence-electron chi connectivity index (χ1n) is 17.6. The highest BCUT2D eigenvalue weighted by Gasteiger charge is 2.29. The summed E-state index contributed by atoms with van der Waals surface area (Å²) in [4.78, 5) is 33.1. The minimum Gasteiger partial charge on any atom is -0.494 e. The van der Waals surface area contributed by atoms with Crippen LogP contribution < -0.4 is 9.47 Å². The SMILES string of the molecule is CCCOc1ccc(C(=O)C(CCC(CN2CCCCCC2)C(=O)c2ccc(OCCC)cc2)CN2CCCCCC2)cc1.Cl.Cl. The minimum absolute atomic E-state index is 0. The fraction of sp³-hybridized carbons (Fsp3) is 0.632. The molecule has 258 valence electrons. The first-order chi connectivity index (χ1) is 21.6. The van der Waals surface area contributed by atoms with Crippen LogP contribution in [0, 0.1) is 11.8 Å². The second-order valence-electron chi connectivity index (χ2n) is 12.9. The van der Waals surface area contributed by atoms with Crippen molar-refractivity contribution in [1.29, 1.82) is 0 Å². The Morgan fingerprint density at radius 1 is 0.565 bits per heavy atom. The van der Waals surface area contributed by atoms with Crippen molar-refractivity contribution in [2.24, 2.45) is 11.8 Å². The van der Waals surface area contributed by atoms with Gasteiger partial charge in [-0.15, -0.1) is 24.8 Å². The number of hydrogen-bond donors (Lipinski definition) is 0. The Morgan fingerprint density at radius 3 is 1.20 bits per heavy atom. The monoisotopic (exact) mass is 676 g/mol. The molecule has 0 N–H and O–H groups in total. The van der Waals surface area contributed by atoms with Crippen molar-refractivity contribution in [3.05, 3.63) is 59.7 Å². The summed E-state index contributed by atoms with van der Waals surface area (Å²) in [6.45, 7) is 11.3. The van der Waals surface area contributed by atoms with E-state index in [4.69, 9.17) is 9.47 Å². The van der Waals surface area contributed by atoms with Crippen LogP contribution in [-0.4, -0.2) is 73.8 Å². The van der Waals surface area contributed by atoms with Gasteiger partial charge in [-0.05, 0) is 126 Å². The highest BCUT2D eigenvalue weighted by molar-refractivity contribution is 5.99. The summed E-state index contributed by atoms with van der Waals surface area (Å²) in [6.07, 6.45) is 13.2. The fourth-order valence-electron chi connectivity index (χ4n) is 6.62. The molecule has 0 spiro atoms. The maximum atomic E-state index is 14.1. The molecule has 2 aromatic carbocycles. The quantitative estimate of drug-likeness (QED) is 0.156. The Hall–Kier alpha value is -2.12. The second kappa shape index (κ2) is 22.4. The van der Waals surface area contributed by atoms with E-state index in [2.05, 4.69) is 23.6 Å². The zero-order chi connectivity index (χ0) is 31.0. The summed E-state index contributed by atoms with van der Waals surface area (Å²) in [6, 6.07) is 15.4. The van der Waals surface area contributed by atoms with Gasteiger partial charge >= 0.3 is 0 Å². The number of Topliss-reactive ketones (excluding diaryl/α,β-unsaturated/α-hetero) is 2. The molecule has 2 heterocycles. The van der Waals surface area contributed by atoms with Gasteiger partial charge < -0.3 is 19.3 Å². The number of rotatable bonds is 17. The topological polar surface area (TPSA) is 59.1 Å². The van der Waals surface area contributed by atoms with Crippen molar-refractivity contribution in [2.75, 3.05) is 52.5 Å². The van der Waals surface area contributed by atoms with Crippen LogP contribution in [0.3, 0.4) is 0 Å². The number of hydrogen-bond acceptors (Lipinski definition) is 6. The third kappa shape index (κ3) is 13.2. The molecule has 2 unspecified atom stereocenters. The van der Waals surface area contributed by atoms with Gasteiger partial charge in [-0.3, -0.25) is 9.59 Å². The van der Waals surface area contributed by atoms with Crippen molar-refractivity contribution in [1.82, 2.24) is 9.80 Å². The van der Waals surface area contributed by atoms with Crippen LogP contribution in [0.2, 0.25) is 0 Å². The summed E-state index contributed by atoms with van der Waals surface area (Å²) in [5, 5.41) is 0. The summed E-state index contributed by atoms with van der Waals surface area (Å²) in [7, 11) is 0. The molecule has 0 radical (unpaired) electrons. The zero-order valence-electron chi connectivity index (χ0n) is 28.3. The van der Waals surface area contributed by atoms with E-state index in [0.717, 1.165) is 74.7 Å². The number of benzene rings is 2. The highest BCUT2D eigenvalue weighted by atomic mass is 35.5. The van der Waals surface area contributed by atoms with E-state index in [1.165, 1.54) is 51.4 Å². The lowest BCUT2D eigenvalue weighted by Gasteiger charge is -2.29. The molecule has 2 aliphatic rings. The molecule has 2 aliphatic heterocycles. The molecule has 2 aromatic rings. The first kappa shape index (κ1) is 40.1. The van der Waals surface area contributed by atoms with E-state index in [-0.39, 0.29) is 48.2 Å². The van der Waals surface area contributed by atoms with Crippen LogP contribution >= 0.6 is 24.8 Å². The van der Waals surface area contributed by atoms with Gasteiger partial charge in [0.2, 0.25) is 0 Å². The van der Waals surface area contributed by atoms with Crippen molar-refractivity contribution in [3.8, 4) is 11.5 Å². The van der Waals surface area contributed by atoms with Gasteiger partial charge in [0.1, 0.15) is 11.5 Å². The Balaban J connectivity index is 0.00000368. The predicted octanol–water partition coefficient (Wildman–Crippen LogP) is 8.94. The molecule has 0 aliphatic carbocycles. The molecule has 2 atom stereocenters. The lowest BCUT2D eigenvalue weighted by atomic mass is 9.86. The average molecular weight is 678 g/mol. The smallest absolute Gasteiger partial charge is 0.167 e. The van der Waals surface area contributed by atoms with Gasteiger partial charge in [-0.25, -0.2) is 0 Å². The lowest BCUT2D eigenvalue weighted by Crippen LogP contribution is -2.37. The number of ether oxygens (including phenoxy) is 2. The molecule has 4 rings (SSSR count). The van der Waals surface area contributed by atoms with Gasteiger partial charge in [0, 0.05) is 36.1 Å². The van der Waals surface area contributed by atoms with E-state index in [9.17, 15) is 9.59 Å². The van der Waals surface area contributed by atoms with Crippen molar-refractivity contribution in [3.63, 3.8) is 0 Å². The average Bonchev–Trinajstić information content (AvgIpc) is 3.49. The number of carbonyl (C=O) groups excluding carboxylic acids is 2. The maximum Gasteiger partial charge on any atom is 0.167 e. The van der Waals surface area contributed by atoms with Gasteiger partial charge in [0.05, 0.1) is 13.2 Å². The largest absolute Gasteiger partial charge is 0.494 e. The van der Waals surface area contributed by atoms with E-state index in [1.807, 2.05) is 48.5 Å². The fourth-order valence-corrected chi connectivity index (χ4v) is 6.62. The molecule has 2 saturated heterocycles. The van der Waals surface area contributed by atoms with E-state index < -0.39 is 0 Å². The van der Waals surface area contributed by atoms with Gasteiger partial charge in [0.15, 0.2) is 11.6 Å². The Bertz CT molecular complexity index is 1020. The Kier molecular flexibility index (Phi) is 19.5. The van der Waals surface area contributed by atoms with Crippen molar-refractivity contribution >= 4 is 36.4 Å². The molecule has 46 heavy (non-hydrogen) atoms. The standard InChI is InChI=1S/C38H56N2O4.2ClH/c1-3-27-43-35-19-15-31(16-20-35)37(41)33(29-39-23-9-5-6-10-24-39)13-14-34(30-40-25-11-7-8-12-26-40)38(42)32-17-21-36(22-18-32)44-28-4-2;;/h15-22,33-34H,3-14,23-30H2,1-2H3;2*1H. The van der Waals surface area contributed by atoms with Gasteiger partial charge in [-0.1, -0.05) is 39.5 Å². The summed E-state index contributed by atoms with van der Waals surface area (Å²) in [5.74, 6) is 1.72. The van der Waals surface area contributed by atoms with Crippen LogP contribution in [0.4, 0.5) is 0 Å². The lowest BCUT2D eigenvalue weighted by molar-refractivity contribution is 0.0810. The number of ketones is 2. The number of likely N-dealkylation sites (tertiary alicyclic amines) is 2. The first-order valence-corrected chi connectivity index (χ1v) is 17.6. The van der Waals surface area contributed by atoms with E-state index in [1.54, 1.807) is 0 Å². The van der Waals surface area contributed by atoms with Crippen LogP contribution in [0.15, 0.2) is 48.5 Å². The Morgan fingerprint density at radius 2 is 0.891 bits per heavy atom. The van der Waals surface area contributed by atoms with Crippen LogP contribution in [0.1, 0.15) is 112 Å². The van der Waals surface area contributed by atoms with Crippen molar-refractivity contribution in [2.45, 2.75) is 90.9 Å². The Labute approximate surface area is 290 Å². The summed E-state index contributed by atoms with van der Waals surface area (Å²) >= 11 is 0. The normalized spacial score (nSPS) is 17.3.